The van der Waals surface area contributed by atoms with E-state index in [-0.39, 0.29) is 4.90 Å². The standard InChI is InChI=1S/C12H22N2O4S/c1-9-11(8-13-3)12(10(2)18-9)19(15,16)14(4)6-7-17-5/h13H,6-8H2,1-5H3. The van der Waals surface area contributed by atoms with Crippen molar-refractivity contribution in [1.29, 1.82) is 0 Å². The van der Waals surface area contributed by atoms with E-state index in [0.29, 0.717) is 36.8 Å². The summed E-state index contributed by atoms with van der Waals surface area (Å²) in [6.45, 7) is 4.56. The Morgan fingerprint density at radius 3 is 2.47 bits per heavy atom. The Bertz CT molecular complexity index is 522. The van der Waals surface area contributed by atoms with E-state index in [4.69, 9.17) is 9.15 Å². The molecule has 110 valence electrons. The maximum absolute atomic E-state index is 12.6. The molecule has 0 saturated heterocycles. The number of hydrogen-bond acceptors (Lipinski definition) is 5. The van der Waals surface area contributed by atoms with Crippen LogP contribution in [0.4, 0.5) is 0 Å². The zero-order valence-electron chi connectivity index (χ0n) is 12.1. The predicted molar refractivity (Wildman–Crippen MR) is 72.6 cm³/mol. The van der Waals surface area contributed by atoms with Gasteiger partial charge in [-0.15, -0.1) is 0 Å². The second kappa shape index (κ2) is 6.51. The third-order valence-corrected chi connectivity index (χ3v) is 5.01. The molecule has 0 radical (unpaired) electrons. The summed E-state index contributed by atoms with van der Waals surface area (Å²) in [5, 5.41) is 2.97. The van der Waals surface area contributed by atoms with Crippen molar-refractivity contribution >= 4 is 10.0 Å². The first-order valence-corrected chi connectivity index (χ1v) is 7.49. The van der Waals surface area contributed by atoms with Crippen molar-refractivity contribution in [3.8, 4) is 0 Å². The summed E-state index contributed by atoms with van der Waals surface area (Å²) in [6.07, 6.45) is 0. The number of sulfonamides is 1. The largest absolute Gasteiger partial charge is 0.465 e. The first-order chi connectivity index (χ1) is 8.86. The van der Waals surface area contributed by atoms with E-state index in [1.165, 1.54) is 4.31 Å². The molecule has 6 nitrogen and oxygen atoms in total. The molecule has 1 aromatic heterocycles. The van der Waals surface area contributed by atoms with E-state index in [2.05, 4.69) is 5.32 Å². The lowest BCUT2D eigenvalue weighted by molar-refractivity contribution is 0.185. The first-order valence-electron chi connectivity index (χ1n) is 6.05. The van der Waals surface area contributed by atoms with Crippen LogP contribution < -0.4 is 5.32 Å². The van der Waals surface area contributed by atoms with Crippen molar-refractivity contribution in [2.75, 3.05) is 34.4 Å². The minimum atomic E-state index is -3.55. The number of rotatable bonds is 7. The van der Waals surface area contributed by atoms with Crippen molar-refractivity contribution in [3.05, 3.63) is 17.1 Å². The minimum absolute atomic E-state index is 0.262. The lowest BCUT2D eigenvalue weighted by Gasteiger charge is -2.17. The molecule has 0 aromatic carbocycles. The van der Waals surface area contributed by atoms with Crippen LogP contribution in [0, 0.1) is 13.8 Å². The summed E-state index contributed by atoms with van der Waals surface area (Å²) >= 11 is 0. The molecule has 0 spiro atoms. The number of nitrogens with one attached hydrogen (secondary N) is 1. The van der Waals surface area contributed by atoms with Gasteiger partial charge in [0.05, 0.1) is 6.61 Å². The van der Waals surface area contributed by atoms with Gasteiger partial charge in [-0.05, 0) is 20.9 Å². The van der Waals surface area contributed by atoms with Gasteiger partial charge in [-0.1, -0.05) is 0 Å². The molecular weight excluding hydrogens is 268 g/mol. The van der Waals surface area contributed by atoms with Crippen LogP contribution in [-0.2, 0) is 21.3 Å². The van der Waals surface area contributed by atoms with Gasteiger partial charge in [-0.2, -0.15) is 4.31 Å². The minimum Gasteiger partial charge on any atom is -0.465 e. The molecule has 1 rings (SSSR count). The summed E-state index contributed by atoms with van der Waals surface area (Å²) in [6, 6.07) is 0. The Morgan fingerprint density at radius 1 is 1.32 bits per heavy atom. The molecule has 7 heteroatoms. The zero-order chi connectivity index (χ0) is 14.6. The highest BCUT2D eigenvalue weighted by atomic mass is 32.2. The lowest BCUT2D eigenvalue weighted by Crippen LogP contribution is -2.31. The number of furan rings is 1. The Kier molecular flexibility index (Phi) is 5.54. The highest BCUT2D eigenvalue weighted by molar-refractivity contribution is 7.89. The number of ether oxygens (including phenoxy) is 1. The van der Waals surface area contributed by atoms with Gasteiger partial charge in [0.1, 0.15) is 16.4 Å². The van der Waals surface area contributed by atoms with Crippen molar-refractivity contribution in [3.63, 3.8) is 0 Å². The predicted octanol–water partition coefficient (Wildman–Crippen LogP) is 0.883. The molecule has 0 aliphatic rings. The number of likely N-dealkylation sites (N-methyl/N-ethyl adjacent to an activating group) is 1. The Morgan fingerprint density at radius 2 is 1.95 bits per heavy atom. The highest BCUT2D eigenvalue weighted by Crippen LogP contribution is 2.28. The summed E-state index contributed by atoms with van der Waals surface area (Å²) in [4.78, 5) is 0.262. The van der Waals surface area contributed by atoms with Gasteiger partial charge >= 0.3 is 0 Å². The van der Waals surface area contributed by atoms with Crippen LogP contribution in [0.1, 0.15) is 17.1 Å². The van der Waals surface area contributed by atoms with Gasteiger partial charge in [-0.3, -0.25) is 0 Å². The Balaban J connectivity index is 3.20. The zero-order valence-corrected chi connectivity index (χ0v) is 12.9. The summed E-state index contributed by atoms with van der Waals surface area (Å²) < 4.78 is 36.8. The topological polar surface area (TPSA) is 71.8 Å². The molecule has 19 heavy (non-hydrogen) atoms. The quantitative estimate of drug-likeness (QED) is 0.807. The average Bonchev–Trinajstić information content (AvgIpc) is 2.62. The molecule has 0 atom stereocenters. The second-order valence-corrected chi connectivity index (χ2v) is 6.35. The van der Waals surface area contributed by atoms with Gasteiger partial charge in [0.2, 0.25) is 10.0 Å². The average molecular weight is 290 g/mol. The lowest BCUT2D eigenvalue weighted by atomic mass is 10.2. The van der Waals surface area contributed by atoms with E-state index >= 15 is 0 Å². The molecular formula is C12H22N2O4S. The number of aryl methyl sites for hydroxylation is 2. The highest BCUT2D eigenvalue weighted by Gasteiger charge is 2.29. The number of nitrogens with zero attached hydrogens (tertiary/aromatic N) is 1. The van der Waals surface area contributed by atoms with E-state index in [9.17, 15) is 8.42 Å². The summed E-state index contributed by atoms with van der Waals surface area (Å²) in [7, 11) is 1.30. The fourth-order valence-electron chi connectivity index (χ4n) is 1.92. The van der Waals surface area contributed by atoms with Gasteiger partial charge in [-0.25, -0.2) is 8.42 Å². The maximum atomic E-state index is 12.6. The van der Waals surface area contributed by atoms with Crippen molar-refractivity contribution in [1.82, 2.24) is 9.62 Å². The smallest absolute Gasteiger partial charge is 0.246 e. The first kappa shape index (κ1) is 16.2. The Labute approximate surface area is 114 Å². The van der Waals surface area contributed by atoms with E-state index in [1.807, 2.05) is 0 Å². The molecule has 0 bridgehead atoms. The molecule has 1 heterocycles. The van der Waals surface area contributed by atoms with Crippen LogP contribution >= 0.6 is 0 Å². The van der Waals surface area contributed by atoms with E-state index < -0.39 is 10.0 Å². The van der Waals surface area contributed by atoms with Crippen LogP contribution in [0.5, 0.6) is 0 Å². The fraction of sp³-hybridized carbons (Fsp3) is 0.667. The summed E-state index contributed by atoms with van der Waals surface area (Å²) in [5.74, 6) is 1.05. The molecule has 0 aliphatic carbocycles. The third-order valence-electron chi connectivity index (χ3n) is 2.96. The molecule has 0 fully saturated rings. The van der Waals surface area contributed by atoms with E-state index in [1.54, 1.807) is 35.1 Å². The van der Waals surface area contributed by atoms with E-state index in [0.717, 1.165) is 0 Å². The van der Waals surface area contributed by atoms with Crippen LogP contribution in [0.15, 0.2) is 9.31 Å². The fourth-order valence-corrected chi connectivity index (χ4v) is 3.48. The van der Waals surface area contributed by atoms with Crippen LogP contribution in [0.3, 0.4) is 0 Å². The SMILES string of the molecule is CNCc1c(C)oc(C)c1S(=O)(=O)N(C)CCOC. The number of methoxy groups -OCH3 is 1. The van der Waals surface area contributed by atoms with Crippen molar-refractivity contribution < 1.29 is 17.6 Å². The van der Waals surface area contributed by atoms with Gasteiger partial charge < -0.3 is 14.5 Å². The van der Waals surface area contributed by atoms with Crippen molar-refractivity contribution in [2.45, 2.75) is 25.3 Å². The molecule has 0 amide bonds. The number of hydrogen-bond donors (Lipinski definition) is 1. The third kappa shape index (κ3) is 3.36. The molecule has 1 aromatic rings. The monoisotopic (exact) mass is 290 g/mol. The van der Waals surface area contributed by atoms with Crippen LogP contribution in [0.25, 0.3) is 0 Å². The maximum Gasteiger partial charge on any atom is 0.246 e. The molecule has 0 unspecified atom stereocenters. The molecule has 1 N–H and O–H groups in total. The van der Waals surface area contributed by atoms with Gasteiger partial charge in [0, 0.05) is 32.8 Å². The van der Waals surface area contributed by atoms with Crippen LogP contribution in [-0.4, -0.2) is 47.1 Å². The van der Waals surface area contributed by atoms with Crippen molar-refractivity contribution in [2.24, 2.45) is 0 Å². The Hall–Kier alpha value is -0.890. The van der Waals surface area contributed by atoms with Crippen LogP contribution in [0.2, 0.25) is 0 Å². The van der Waals surface area contributed by atoms with Gasteiger partial charge in [0.15, 0.2) is 0 Å². The summed E-state index contributed by atoms with van der Waals surface area (Å²) in [5.41, 5.74) is 0.685. The van der Waals surface area contributed by atoms with Gasteiger partial charge in [0.25, 0.3) is 0 Å². The molecule has 0 aliphatic heterocycles. The second-order valence-electron chi connectivity index (χ2n) is 4.37. The molecule has 0 saturated carbocycles. The normalized spacial score (nSPS) is 12.3.